The first-order valence-electron chi connectivity index (χ1n) is 6.14. The number of aryl methyl sites for hydroxylation is 1. The van der Waals surface area contributed by atoms with E-state index in [1.807, 2.05) is 25.1 Å². The minimum atomic E-state index is 0.248. The van der Waals surface area contributed by atoms with Gasteiger partial charge in [0.1, 0.15) is 11.6 Å². The average Bonchev–Trinajstić information content (AvgIpc) is 2.39. The van der Waals surface area contributed by atoms with Crippen LogP contribution in [0.3, 0.4) is 0 Å². The molecular formula is C14H17N3O. The molecule has 2 aromatic rings. The minimum Gasteiger partial charge on any atom is -0.508 e. The predicted octanol–water partition coefficient (Wildman–Crippen LogP) is 2.84. The molecule has 0 aliphatic carbocycles. The molecule has 1 aromatic heterocycles. The Morgan fingerprint density at radius 2 is 1.83 bits per heavy atom. The van der Waals surface area contributed by atoms with Gasteiger partial charge in [-0.3, -0.25) is 0 Å². The highest BCUT2D eigenvalue weighted by Gasteiger charge is 2.05. The van der Waals surface area contributed by atoms with Gasteiger partial charge in [-0.2, -0.15) is 0 Å². The van der Waals surface area contributed by atoms with Crippen molar-refractivity contribution >= 4 is 5.82 Å². The van der Waals surface area contributed by atoms with E-state index in [-0.39, 0.29) is 5.75 Å². The van der Waals surface area contributed by atoms with E-state index >= 15 is 0 Å². The fourth-order valence-corrected chi connectivity index (χ4v) is 1.69. The summed E-state index contributed by atoms with van der Waals surface area (Å²) in [4.78, 5) is 8.97. The van der Waals surface area contributed by atoms with E-state index in [0.717, 1.165) is 30.0 Å². The number of anilines is 1. The largest absolute Gasteiger partial charge is 0.508 e. The molecule has 0 saturated carbocycles. The Hall–Kier alpha value is -2.10. The zero-order valence-corrected chi connectivity index (χ0v) is 10.6. The summed E-state index contributed by atoms with van der Waals surface area (Å²) in [6, 6.07) is 8.89. The van der Waals surface area contributed by atoms with E-state index in [0.29, 0.717) is 5.82 Å². The summed E-state index contributed by atoms with van der Waals surface area (Å²) in [6.07, 6.45) is 0.867. The van der Waals surface area contributed by atoms with Crippen LogP contribution in [0.15, 0.2) is 30.3 Å². The molecule has 0 fully saturated rings. The van der Waals surface area contributed by atoms with Crippen LogP contribution in [0.5, 0.6) is 5.75 Å². The van der Waals surface area contributed by atoms with Crippen molar-refractivity contribution in [3.8, 4) is 17.1 Å². The van der Waals surface area contributed by atoms with Gasteiger partial charge in [0, 0.05) is 23.9 Å². The van der Waals surface area contributed by atoms with E-state index in [2.05, 4.69) is 22.2 Å². The van der Waals surface area contributed by atoms with Crippen molar-refractivity contribution in [3.63, 3.8) is 0 Å². The first-order valence-corrected chi connectivity index (χ1v) is 6.14. The number of rotatable bonds is 4. The summed E-state index contributed by atoms with van der Waals surface area (Å²) in [5.74, 6) is 1.77. The lowest BCUT2D eigenvalue weighted by atomic mass is 10.2. The lowest BCUT2D eigenvalue weighted by Crippen LogP contribution is -2.03. The van der Waals surface area contributed by atoms with Gasteiger partial charge < -0.3 is 10.4 Å². The highest BCUT2D eigenvalue weighted by Crippen LogP contribution is 2.20. The van der Waals surface area contributed by atoms with Gasteiger partial charge in [0.25, 0.3) is 0 Å². The van der Waals surface area contributed by atoms with Crippen molar-refractivity contribution in [1.82, 2.24) is 9.97 Å². The molecule has 2 rings (SSSR count). The molecule has 0 bridgehead atoms. The van der Waals surface area contributed by atoms with Crippen LogP contribution in [0.4, 0.5) is 5.82 Å². The molecule has 0 atom stereocenters. The summed E-state index contributed by atoms with van der Waals surface area (Å²) >= 11 is 0. The molecule has 1 aromatic carbocycles. The van der Waals surface area contributed by atoms with E-state index in [1.54, 1.807) is 12.1 Å². The molecule has 2 N–H and O–H groups in total. The number of benzene rings is 1. The van der Waals surface area contributed by atoms with E-state index < -0.39 is 0 Å². The molecule has 4 heteroatoms. The highest BCUT2D eigenvalue weighted by molar-refractivity contribution is 5.58. The number of hydrogen-bond acceptors (Lipinski definition) is 4. The standard InChI is InChI=1S/C14H17N3O/c1-3-11-9-13(15-4-2)17-14(16-11)10-5-7-12(18)8-6-10/h5-9,18H,3-4H2,1-2H3,(H,15,16,17). The van der Waals surface area contributed by atoms with Gasteiger partial charge in [-0.1, -0.05) is 6.92 Å². The minimum absolute atomic E-state index is 0.248. The van der Waals surface area contributed by atoms with Gasteiger partial charge in [0.15, 0.2) is 5.82 Å². The SMILES string of the molecule is CCNc1cc(CC)nc(-c2ccc(O)cc2)n1. The van der Waals surface area contributed by atoms with Gasteiger partial charge in [-0.25, -0.2) is 9.97 Å². The molecule has 1 heterocycles. The number of aromatic hydroxyl groups is 1. The quantitative estimate of drug-likeness (QED) is 0.867. The molecular weight excluding hydrogens is 226 g/mol. The second-order valence-corrected chi connectivity index (χ2v) is 4.00. The summed E-state index contributed by atoms with van der Waals surface area (Å²) in [7, 11) is 0. The maximum atomic E-state index is 9.29. The van der Waals surface area contributed by atoms with Crippen LogP contribution in [-0.4, -0.2) is 21.6 Å². The number of nitrogens with zero attached hydrogens (tertiary/aromatic N) is 2. The Morgan fingerprint density at radius 3 is 2.44 bits per heavy atom. The Bertz CT molecular complexity index is 523. The first-order chi connectivity index (χ1) is 8.72. The van der Waals surface area contributed by atoms with Crippen molar-refractivity contribution in [1.29, 1.82) is 0 Å². The third-order valence-electron chi connectivity index (χ3n) is 2.62. The predicted molar refractivity (Wildman–Crippen MR) is 72.7 cm³/mol. The van der Waals surface area contributed by atoms with Crippen molar-refractivity contribution < 1.29 is 5.11 Å². The van der Waals surface area contributed by atoms with Crippen molar-refractivity contribution in [2.24, 2.45) is 0 Å². The Morgan fingerprint density at radius 1 is 1.11 bits per heavy atom. The second kappa shape index (κ2) is 5.49. The summed E-state index contributed by atoms with van der Waals surface area (Å²) in [5.41, 5.74) is 1.91. The van der Waals surface area contributed by atoms with Crippen LogP contribution in [0, 0.1) is 0 Å². The lowest BCUT2D eigenvalue weighted by Gasteiger charge is -2.08. The van der Waals surface area contributed by atoms with Gasteiger partial charge in [0.2, 0.25) is 0 Å². The van der Waals surface area contributed by atoms with Gasteiger partial charge in [-0.05, 0) is 37.6 Å². The normalized spacial score (nSPS) is 10.3. The summed E-state index contributed by atoms with van der Waals surface area (Å²) < 4.78 is 0. The smallest absolute Gasteiger partial charge is 0.161 e. The van der Waals surface area contributed by atoms with Crippen LogP contribution in [-0.2, 0) is 6.42 Å². The zero-order chi connectivity index (χ0) is 13.0. The number of nitrogens with one attached hydrogen (secondary N) is 1. The van der Waals surface area contributed by atoms with Crippen LogP contribution in [0.1, 0.15) is 19.5 Å². The van der Waals surface area contributed by atoms with E-state index in [1.165, 1.54) is 0 Å². The lowest BCUT2D eigenvalue weighted by molar-refractivity contribution is 0.475. The van der Waals surface area contributed by atoms with Crippen LogP contribution in [0.2, 0.25) is 0 Å². The van der Waals surface area contributed by atoms with Crippen LogP contribution in [0.25, 0.3) is 11.4 Å². The highest BCUT2D eigenvalue weighted by atomic mass is 16.3. The van der Waals surface area contributed by atoms with E-state index in [4.69, 9.17) is 0 Å². The number of phenols is 1. The Balaban J connectivity index is 2.42. The molecule has 4 nitrogen and oxygen atoms in total. The van der Waals surface area contributed by atoms with Crippen LogP contribution < -0.4 is 5.32 Å². The molecule has 0 unspecified atom stereocenters. The van der Waals surface area contributed by atoms with Gasteiger partial charge in [-0.15, -0.1) is 0 Å². The first kappa shape index (κ1) is 12.4. The third-order valence-corrected chi connectivity index (χ3v) is 2.62. The topological polar surface area (TPSA) is 58.0 Å². The molecule has 94 valence electrons. The van der Waals surface area contributed by atoms with Crippen molar-refractivity contribution in [2.45, 2.75) is 20.3 Å². The monoisotopic (exact) mass is 243 g/mol. The number of aromatic nitrogens is 2. The molecule has 0 saturated heterocycles. The molecule has 0 spiro atoms. The Labute approximate surface area is 107 Å². The fourth-order valence-electron chi connectivity index (χ4n) is 1.69. The Kier molecular flexibility index (Phi) is 3.77. The third kappa shape index (κ3) is 2.77. The van der Waals surface area contributed by atoms with Gasteiger partial charge in [0.05, 0.1) is 0 Å². The average molecular weight is 243 g/mol. The second-order valence-electron chi connectivity index (χ2n) is 4.00. The maximum Gasteiger partial charge on any atom is 0.161 e. The van der Waals surface area contributed by atoms with Crippen molar-refractivity contribution in [2.75, 3.05) is 11.9 Å². The summed E-state index contributed by atoms with van der Waals surface area (Å²) in [5, 5.41) is 12.5. The zero-order valence-electron chi connectivity index (χ0n) is 10.6. The number of phenolic OH excluding ortho intramolecular Hbond substituents is 1. The summed E-state index contributed by atoms with van der Waals surface area (Å²) in [6.45, 7) is 4.93. The number of hydrogen-bond donors (Lipinski definition) is 2. The molecule has 0 radical (unpaired) electrons. The van der Waals surface area contributed by atoms with Crippen molar-refractivity contribution in [3.05, 3.63) is 36.0 Å². The maximum absolute atomic E-state index is 9.29. The molecule has 0 aliphatic heterocycles. The molecule has 0 aliphatic rings. The van der Waals surface area contributed by atoms with E-state index in [9.17, 15) is 5.11 Å². The molecule has 0 amide bonds. The van der Waals surface area contributed by atoms with Gasteiger partial charge >= 0.3 is 0 Å². The molecule has 18 heavy (non-hydrogen) atoms. The fraction of sp³-hybridized carbons (Fsp3) is 0.286. The van der Waals surface area contributed by atoms with Crippen LogP contribution >= 0.6 is 0 Å².